The fourth-order valence-electron chi connectivity index (χ4n) is 6.83. The predicted octanol–water partition coefficient (Wildman–Crippen LogP) is 12.5. The molecule has 0 aromatic heterocycles. The van der Waals surface area contributed by atoms with Crippen LogP contribution in [0.25, 0.3) is 11.1 Å². The highest BCUT2D eigenvalue weighted by atomic mass is 35.5. The third kappa shape index (κ3) is 7.34. The summed E-state index contributed by atoms with van der Waals surface area (Å²) in [6.45, 7) is 2.23. The molecule has 0 amide bonds. The van der Waals surface area contributed by atoms with Gasteiger partial charge in [-0.3, -0.25) is 0 Å². The number of hydrogen-bond acceptors (Lipinski definition) is 2. The first kappa shape index (κ1) is 33.6. The molecule has 0 fully saturated rings. The Kier molecular flexibility index (Phi) is 10.3. The lowest BCUT2D eigenvalue weighted by Crippen LogP contribution is -2.47. The lowest BCUT2D eigenvalue weighted by atomic mass is 9.78. The van der Waals surface area contributed by atoms with E-state index in [1.54, 1.807) is 0 Å². The molecule has 6 aromatic carbocycles. The summed E-state index contributed by atoms with van der Waals surface area (Å²) in [6.07, 6.45) is 5.33. The van der Waals surface area contributed by atoms with E-state index in [1.165, 1.54) is 16.7 Å². The molecule has 6 aromatic rings. The van der Waals surface area contributed by atoms with Gasteiger partial charge in [0.15, 0.2) is 0 Å². The molecule has 1 aliphatic rings. The van der Waals surface area contributed by atoms with E-state index in [4.69, 9.17) is 32.7 Å². The second-order valence-corrected chi connectivity index (χ2v) is 13.4. The Hall–Kier alpha value is -4.86. The van der Waals surface area contributed by atoms with Gasteiger partial charge in [-0.15, -0.1) is 0 Å². The number of rotatable bonds is 11. The fourth-order valence-corrected chi connectivity index (χ4v) is 7.28. The van der Waals surface area contributed by atoms with E-state index in [-0.39, 0.29) is 12.0 Å². The van der Waals surface area contributed by atoms with E-state index < -0.39 is 5.79 Å². The van der Waals surface area contributed by atoms with Gasteiger partial charge in [-0.2, -0.15) is 0 Å². The Labute approximate surface area is 305 Å². The molecule has 0 radical (unpaired) electrons. The van der Waals surface area contributed by atoms with Gasteiger partial charge in [0.2, 0.25) is 5.79 Å². The van der Waals surface area contributed by atoms with Crippen molar-refractivity contribution in [1.82, 2.24) is 0 Å². The van der Waals surface area contributed by atoms with Gasteiger partial charge < -0.3 is 9.47 Å². The van der Waals surface area contributed by atoms with Gasteiger partial charge in [0.05, 0.1) is 10.0 Å². The molecule has 0 N–H and O–H groups in total. The number of halogens is 2. The van der Waals surface area contributed by atoms with Crippen molar-refractivity contribution in [3.8, 4) is 16.9 Å². The molecule has 1 aliphatic carbocycles. The van der Waals surface area contributed by atoms with Crippen LogP contribution in [0.2, 0.25) is 10.0 Å². The Morgan fingerprint density at radius 2 is 1.16 bits per heavy atom. The molecule has 7 rings (SSSR count). The van der Waals surface area contributed by atoms with Gasteiger partial charge in [-0.1, -0.05) is 187 Å². The third-order valence-corrected chi connectivity index (χ3v) is 10.2. The van der Waals surface area contributed by atoms with E-state index in [2.05, 4.69) is 116 Å². The zero-order chi connectivity index (χ0) is 34.3. The minimum Gasteiger partial charge on any atom is -0.458 e. The van der Waals surface area contributed by atoms with Crippen molar-refractivity contribution in [2.45, 2.75) is 31.7 Å². The van der Waals surface area contributed by atoms with Crippen molar-refractivity contribution < 1.29 is 9.47 Å². The predicted molar refractivity (Wildman–Crippen MR) is 207 cm³/mol. The Balaban J connectivity index is 1.37. The molecule has 50 heavy (non-hydrogen) atoms. The van der Waals surface area contributed by atoms with Crippen LogP contribution >= 0.6 is 23.2 Å². The standard InChI is InChI=1S/C46H38Cl2O2/c1-33-41(31-34-17-7-2-8-18-34)38(32-39-27-28-42(47)44(48)43(39)35-19-9-3-10-20-35)29-30-46(33,49-40-25-15-6-16-26-40)50-45(36-21-11-4-12-22-36)37-23-13-5-14-24-37/h2-30,33,45H,31-32H2,1H3. The minimum absolute atomic E-state index is 0.180. The molecule has 2 atom stereocenters. The number of allylic oxidation sites excluding steroid dienone is 2. The van der Waals surface area contributed by atoms with Crippen LogP contribution in [0.4, 0.5) is 0 Å². The first-order chi connectivity index (χ1) is 24.5. The van der Waals surface area contributed by atoms with Crippen LogP contribution in [-0.2, 0) is 17.6 Å². The van der Waals surface area contributed by atoms with Crippen LogP contribution in [0.3, 0.4) is 0 Å². The van der Waals surface area contributed by atoms with Gasteiger partial charge in [0.1, 0.15) is 11.9 Å². The molecular weight excluding hydrogens is 655 g/mol. The summed E-state index contributed by atoms with van der Waals surface area (Å²) in [4.78, 5) is 0. The molecule has 2 unspecified atom stereocenters. The van der Waals surface area contributed by atoms with Crippen LogP contribution in [0.1, 0.15) is 35.3 Å². The van der Waals surface area contributed by atoms with Crippen LogP contribution in [0, 0.1) is 5.92 Å². The SMILES string of the molecule is CC1C(Cc2ccccc2)=C(Cc2ccc(Cl)c(Cl)c2-c2ccccc2)C=CC1(Oc1ccccc1)OC(c1ccccc1)c1ccccc1. The van der Waals surface area contributed by atoms with Crippen LogP contribution in [-0.4, -0.2) is 5.79 Å². The topological polar surface area (TPSA) is 18.5 Å². The van der Waals surface area contributed by atoms with Gasteiger partial charge in [-0.25, -0.2) is 0 Å². The Morgan fingerprint density at radius 1 is 0.620 bits per heavy atom. The van der Waals surface area contributed by atoms with Crippen LogP contribution in [0.15, 0.2) is 187 Å². The number of ether oxygens (including phenoxy) is 2. The second kappa shape index (κ2) is 15.4. The molecule has 0 aliphatic heterocycles. The molecule has 248 valence electrons. The van der Waals surface area contributed by atoms with Crippen molar-refractivity contribution >= 4 is 23.2 Å². The van der Waals surface area contributed by atoms with Crippen molar-refractivity contribution in [2.24, 2.45) is 5.92 Å². The molecule has 0 bridgehead atoms. The highest BCUT2D eigenvalue weighted by molar-refractivity contribution is 6.43. The fraction of sp³-hybridized carbons (Fsp3) is 0.130. The summed E-state index contributed by atoms with van der Waals surface area (Å²) in [5.41, 5.74) is 8.85. The van der Waals surface area contributed by atoms with Crippen molar-refractivity contribution in [3.05, 3.63) is 219 Å². The van der Waals surface area contributed by atoms with Crippen molar-refractivity contribution in [1.29, 1.82) is 0 Å². The zero-order valence-corrected chi connectivity index (χ0v) is 29.4. The number of hydrogen-bond donors (Lipinski definition) is 0. The molecule has 2 nitrogen and oxygen atoms in total. The van der Waals surface area contributed by atoms with Gasteiger partial charge in [0, 0.05) is 11.5 Å². The maximum absolute atomic E-state index is 7.38. The monoisotopic (exact) mass is 692 g/mol. The number of benzene rings is 6. The highest BCUT2D eigenvalue weighted by Gasteiger charge is 2.45. The highest BCUT2D eigenvalue weighted by Crippen LogP contribution is 2.45. The van der Waals surface area contributed by atoms with E-state index in [0.29, 0.717) is 16.5 Å². The lowest BCUT2D eigenvalue weighted by Gasteiger charge is -2.43. The minimum atomic E-state index is -1.13. The summed E-state index contributed by atoms with van der Waals surface area (Å²) in [5, 5.41) is 1.10. The van der Waals surface area contributed by atoms with Gasteiger partial charge in [0.25, 0.3) is 0 Å². The van der Waals surface area contributed by atoms with E-state index in [0.717, 1.165) is 40.0 Å². The summed E-state index contributed by atoms with van der Waals surface area (Å²) >= 11 is 13.6. The Bertz CT molecular complexity index is 2040. The maximum atomic E-state index is 7.38. The average molecular weight is 694 g/mol. The van der Waals surface area contributed by atoms with Gasteiger partial charge in [-0.05, 0) is 70.5 Å². The summed E-state index contributed by atoms with van der Waals surface area (Å²) in [7, 11) is 0. The first-order valence-electron chi connectivity index (χ1n) is 17.0. The van der Waals surface area contributed by atoms with Gasteiger partial charge >= 0.3 is 0 Å². The van der Waals surface area contributed by atoms with Crippen molar-refractivity contribution in [3.63, 3.8) is 0 Å². The molecular formula is C46H38Cl2O2. The van der Waals surface area contributed by atoms with E-state index in [9.17, 15) is 0 Å². The zero-order valence-electron chi connectivity index (χ0n) is 27.9. The van der Waals surface area contributed by atoms with Crippen molar-refractivity contribution in [2.75, 3.05) is 0 Å². The van der Waals surface area contributed by atoms with Crippen LogP contribution in [0.5, 0.6) is 5.75 Å². The molecule has 4 heteroatoms. The molecule has 0 spiro atoms. The van der Waals surface area contributed by atoms with Crippen LogP contribution < -0.4 is 4.74 Å². The first-order valence-corrected chi connectivity index (χ1v) is 17.8. The normalized spacial score (nSPS) is 17.2. The summed E-state index contributed by atoms with van der Waals surface area (Å²) in [6, 6.07) is 55.6. The largest absolute Gasteiger partial charge is 0.458 e. The lowest BCUT2D eigenvalue weighted by molar-refractivity contribution is -0.194. The second-order valence-electron chi connectivity index (χ2n) is 12.7. The summed E-state index contributed by atoms with van der Waals surface area (Å²) in [5.74, 6) is -0.575. The average Bonchev–Trinajstić information content (AvgIpc) is 3.17. The summed E-state index contributed by atoms with van der Waals surface area (Å²) < 4.78 is 14.4. The third-order valence-electron chi connectivity index (χ3n) is 9.44. The van der Waals surface area contributed by atoms with E-state index in [1.807, 2.05) is 66.7 Å². The number of para-hydroxylation sites is 1. The maximum Gasteiger partial charge on any atom is 0.237 e. The smallest absolute Gasteiger partial charge is 0.237 e. The van der Waals surface area contributed by atoms with E-state index >= 15 is 0 Å². The quantitative estimate of drug-likeness (QED) is 0.126. The Morgan fingerprint density at radius 3 is 1.76 bits per heavy atom. The molecule has 0 heterocycles. The molecule has 0 saturated carbocycles. The molecule has 0 saturated heterocycles.